The summed E-state index contributed by atoms with van der Waals surface area (Å²) < 4.78 is 13.6. The predicted octanol–water partition coefficient (Wildman–Crippen LogP) is 2.83. The van der Waals surface area contributed by atoms with E-state index in [0.717, 1.165) is 23.2 Å². The van der Waals surface area contributed by atoms with E-state index in [1.807, 2.05) is 13.0 Å². The summed E-state index contributed by atoms with van der Waals surface area (Å²) in [6.45, 7) is 4.47. The number of benzene rings is 1. The molecule has 0 radical (unpaired) electrons. The second-order valence-electron chi connectivity index (χ2n) is 5.79. The third-order valence-corrected chi connectivity index (χ3v) is 4.07. The SMILES string of the molecule is CC(=O)N1CCC(Nc2nccc(C)n2)c2ccc(F)cc2C1. The molecule has 1 aliphatic heterocycles. The first-order chi connectivity index (χ1) is 11.0. The summed E-state index contributed by atoms with van der Waals surface area (Å²) in [4.78, 5) is 22.1. The van der Waals surface area contributed by atoms with Crippen molar-refractivity contribution in [2.45, 2.75) is 32.9 Å². The van der Waals surface area contributed by atoms with E-state index in [1.165, 1.54) is 19.1 Å². The number of rotatable bonds is 2. The number of amides is 1. The van der Waals surface area contributed by atoms with Crippen molar-refractivity contribution in [3.8, 4) is 0 Å². The van der Waals surface area contributed by atoms with E-state index >= 15 is 0 Å². The largest absolute Gasteiger partial charge is 0.347 e. The quantitative estimate of drug-likeness (QED) is 0.926. The van der Waals surface area contributed by atoms with Crippen LogP contribution in [0.3, 0.4) is 0 Å². The number of aromatic nitrogens is 2. The first-order valence-electron chi connectivity index (χ1n) is 7.63. The average molecular weight is 314 g/mol. The number of hydrogen-bond acceptors (Lipinski definition) is 4. The Kier molecular flexibility index (Phi) is 4.23. The molecule has 5 nitrogen and oxygen atoms in total. The average Bonchev–Trinajstić information content (AvgIpc) is 2.67. The predicted molar refractivity (Wildman–Crippen MR) is 85.2 cm³/mol. The van der Waals surface area contributed by atoms with Gasteiger partial charge in [0, 0.05) is 31.9 Å². The third-order valence-electron chi connectivity index (χ3n) is 4.07. The van der Waals surface area contributed by atoms with Crippen LogP contribution in [0.5, 0.6) is 0 Å². The molecule has 1 N–H and O–H groups in total. The lowest BCUT2D eigenvalue weighted by molar-refractivity contribution is -0.129. The second-order valence-corrected chi connectivity index (χ2v) is 5.79. The molecule has 0 bridgehead atoms. The number of carbonyl (C=O) groups excluding carboxylic acids is 1. The molecule has 120 valence electrons. The zero-order valence-corrected chi connectivity index (χ0v) is 13.2. The van der Waals surface area contributed by atoms with E-state index in [9.17, 15) is 9.18 Å². The number of hydrogen-bond donors (Lipinski definition) is 1. The number of fused-ring (bicyclic) bond motifs is 1. The van der Waals surface area contributed by atoms with Crippen LogP contribution < -0.4 is 5.32 Å². The van der Waals surface area contributed by atoms with E-state index in [4.69, 9.17) is 0 Å². The van der Waals surface area contributed by atoms with E-state index < -0.39 is 0 Å². The zero-order chi connectivity index (χ0) is 16.4. The Labute approximate surface area is 134 Å². The fourth-order valence-corrected chi connectivity index (χ4v) is 2.87. The number of nitrogens with zero attached hydrogens (tertiary/aromatic N) is 3. The van der Waals surface area contributed by atoms with E-state index in [0.29, 0.717) is 19.0 Å². The molecule has 1 aromatic heterocycles. The van der Waals surface area contributed by atoms with Crippen LogP contribution in [0.1, 0.15) is 36.2 Å². The van der Waals surface area contributed by atoms with Crippen molar-refractivity contribution in [2.75, 3.05) is 11.9 Å². The molecule has 1 unspecified atom stereocenters. The maximum absolute atomic E-state index is 13.6. The molecule has 3 rings (SSSR count). The third kappa shape index (κ3) is 3.47. The fourth-order valence-electron chi connectivity index (χ4n) is 2.87. The fraction of sp³-hybridized carbons (Fsp3) is 0.353. The number of carbonyl (C=O) groups is 1. The molecule has 1 aliphatic rings. The van der Waals surface area contributed by atoms with Crippen LogP contribution >= 0.6 is 0 Å². The van der Waals surface area contributed by atoms with Gasteiger partial charge in [0.2, 0.25) is 11.9 Å². The van der Waals surface area contributed by atoms with Crippen LogP contribution in [0.25, 0.3) is 0 Å². The summed E-state index contributed by atoms with van der Waals surface area (Å²) in [6.07, 6.45) is 2.42. The van der Waals surface area contributed by atoms with Crippen molar-refractivity contribution in [1.29, 1.82) is 0 Å². The highest BCUT2D eigenvalue weighted by atomic mass is 19.1. The van der Waals surface area contributed by atoms with Crippen molar-refractivity contribution in [2.24, 2.45) is 0 Å². The summed E-state index contributed by atoms with van der Waals surface area (Å²) in [7, 11) is 0. The summed E-state index contributed by atoms with van der Waals surface area (Å²) in [5, 5.41) is 3.31. The van der Waals surface area contributed by atoms with Gasteiger partial charge in [-0.25, -0.2) is 14.4 Å². The van der Waals surface area contributed by atoms with Gasteiger partial charge in [0.1, 0.15) is 5.82 Å². The number of nitrogens with one attached hydrogen (secondary N) is 1. The molecule has 0 aliphatic carbocycles. The van der Waals surface area contributed by atoms with Crippen LogP contribution in [0, 0.1) is 12.7 Å². The first-order valence-corrected chi connectivity index (χ1v) is 7.63. The molecule has 0 spiro atoms. The van der Waals surface area contributed by atoms with Crippen LogP contribution in [0.15, 0.2) is 30.5 Å². The van der Waals surface area contributed by atoms with Crippen molar-refractivity contribution in [1.82, 2.24) is 14.9 Å². The lowest BCUT2D eigenvalue weighted by Gasteiger charge is -2.19. The normalized spacial score (nSPS) is 17.3. The number of halogens is 1. The number of aryl methyl sites for hydroxylation is 1. The van der Waals surface area contributed by atoms with Gasteiger partial charge in [0.25, 0.3) is 0 Å². The van der Waals surface area contributed by atoms with Crippen LogP contribution in [0.2, 0.25) is 0 Å². The standard InChI is InChI=1S/C17H19FN4O/c1-11-5-7-19-17(20-11)21-16-6-8-22(12(2)23)10-13-9-14(18)3-4-15(13)16/h3-5,7,9,16H,6,8,10H2,1-2H3,(H,19,20,21). The molecule has 0 saturated carbocycles. The minimum absolute atomic E-state index is 0.00679. The maximum Gasteiger partial charge on any atom is 0.223 e. The van der Waals surface area contributed by atoms with Gasteiger partial charge in [-0.3, -0.25) is 4.79 Å². The van der Waals surface area contributed by atoms with Crippen molar-refractivity contribution in [3.63, 3.8) is 0 Å². The summed E-state index contributed by atoms with van der Waals surface area (Å²) >= 11 is 0. The molecular weight excluding hydrogens is 295 g/mol. The first kappa shape index (κ1) is 15.4. The van der Waals surface area contributed by atoms with Crippen LogP contribution in [-0.4, -0.2) is 27.3 Å². The summed E-state index contributed by atoms with van der Waals surface area (Å²) in [6, 6.07) is 6.51. The van der Waals surface area contributed by atoms with Gasteiger partial charge in [-0.05, 0) is 42.7 Å². The lowest BCUT2D eigenvalue weighted by Crippen LogP contribution is -2.28. The topological polar surface area (TPSA) is 58.1 Å². The van der Waals surface area contributed by atoms with Crippen molar-refractivity contribution in [3.05, 3.63) is 53.1 Å². The molecule has 1 aromatic carbocycles. The zero-order valence-electron chi connectivity index (χ0n) is 13.2. The Morgan fingerprint density at radius 3 is 2.96 bits per heavy atom. The van der Waals surface area contributed by atoms with Gasteiger partial charge < -0.3 is 10.2 Å². The van der Waals surface area contributed by atoms with Crippen LogP contribution in [0.4, 0.5) is 10.3 Å². The smallest absolute Gasteiger partial charge is 0.223 e. The van der Waals surface area contributed by atoms with E-state index in [1.54, 1.807) is 17.2 Å². The molecule has 0 saturated heterocycles. The highest BCUT2D eigenvalue weighted by Gasteiger charge is 2.24. The maximum atomic E-state index is 13.6. The Hall–Kier alpha value is -2.50. The Balaban J connectivity index is 1.93. The highest BCUT2D eigenvalue weighted by Crippen LogP contribution is 2.29. The Morgan fingerprint density at radius 1 is 1.39 bits per heavy atom. The Morgan fingerprint density at radius 2 is 2.22 bits per heavy atom. The van der Waals surface area contributed by atoms with Crippen LogP contribution in [-0.2, 0) is 11.3 Å². The Bertz CT molecular complexity index is 734. The summed E-state index contributed by atoms with van der Waals surface area (Å²) in [5.41, 5.74) is 2.68. The molecule has 0 fully saturated rings. The van der Waals surface area contributed by atoms with Gasteiger partial charge in [-0.1, -0.05) is 6.07 Å². The minimum atomic E-state index is -0.292. The summed E-state index contributed by atoms with van der Waals surface area (Å²) in [5.74, 6) is 0.244. The highest BCUT2D eigenvalue weighted by molar-refractivity contribution is 5.73. The molecule has 23 heavy (non-hydrogen) atoms. The van der Waals surface area contributed by atoms with Gasteiger partial charge in [-0.15, -0.1) is 0 Å². The van der Waals surface area contributed by atoms with Gasteiger partial charge in [0.05, 0.1) is 6.04 Å². The molecule has 6 heteroatoms. The van der Waals surface area contributed by atoms with E-state index in [-0.39, 0.29) is 17.8 Å². The molecule has 2 heterocycles. The number of anilines is 1. The second kappa shape index (κ2) is 6.32. The molecular formula is C17H19FN4O. The molecule has 2 aromatic rings. The molecule has 1 amide bonds. The molecule has 1 atom stereocenters. The monoisotopic (exact) mass is 314 g/mol. The lowest BCUT2D eigenvalue weighted by atomic mass is 9.99. The van der Waals surface area contributed by atoms with Gasteiger partial charge in [0.15, 0.2) is 0 Å². The van der Waals surface area contributed by atoms with Crippen molar-refractivity contribution < 1.29 is 9.18 Å². The minimum Gasteiger partial charge on any atom is -0.347 e. The van der Waals surface area contributed by atoms with Gasteiger partial charge >= 0.3 is 0 Å². The van der Waals surface area contributed by atoms with E-state index in [2.05, 4.69) is 15.3 Å². The van der Waals surface area contributed by atoms with Gasteiger partial charge in [-0.2, -0.15) is 0 Å². The van der Waals surface area contributed by atoms with Crippen molar-refractivity contribution >= 4 is 11.9 Å².